The van der Waals surface area contributed by atoms with Gasteiger partial charge in [-0.2, -0.15) is 0 Å². The normalized spacial score (nSPS) is 25.9. The third-order valence-corrected chi connectivity index (χ3v) is 4.17. The van der Waals surface area contributed by atoms with Crippen LogP contribution in [0.2, 0.25) is 0 Å². The molecule has 0 aromatic carbocycles. The molecule has 2 rings (SSSR count). The van der Waals surface area contributed by atoms with Gasteiger partial charge in [-0.25, -0.2) is 4.98 Å². The fourth-order valence-electron chi connectivity index (χ4n) is 2.16. The van der Waals surface area contributed by atoms with Crippen molar-refractivity contribution in [3.05, 3.63) is 18.7 Å². The predicted octanol–water partition coefficient (Wildman–Crippen LogP) is 1.97. The van der Waals surface area contributed by atoms with E-state index in [2.05, 4.69) is 28.3 Å². The van der Waals surface area contributed by atoms with Gasteiger partial charge in [-0.3, -0.25) is 4.90 Å². The monoisotopic (exact) mass is 227 g/mol. The van der Waals surface area contributed by atoms with Gasteiger partial charge in [0.2, 0.25) is 0 Å². The molecular weight excluding hydrogens is 210 g/mol. The molecule has 1 saturated heterocycles. The van der Waals surface area contributed by atoms with Crippen molar-refractivity contribution in [3.8, 4) is 0 Å². The number of halogens is 1. The highest BCUT2D eigenvalue weighted by Crippen LogP contribution is 2.32. The zero-order valence-electron chi connectivity index (χ0n) is 9.36. The maximum absolute atomic E-state index is 6.30. The van der Waals surface area contributed by atoms with E-state index >= 15 is 0 Å². The van der Waals surface area contributed by atoms with Gasteiger partial charge < -0.3 is 4.57 Å². The summed E-state index contributed by atoms with van der Waals surface area (Å²) in [5.41, 5.74) is 0.127. The molecule has 1 fully saturated rings. The standard InChI is InChI=1S/C11H18ClN3/c1-11(2)10(12)3-5-15(11)8-7-14-6-4-13-9-14/h4,6,9-10H,3,5,7-8H2,1-2H3. The number of hydrogen-bond donors (Lipinski definition) is 0. The smallest absolute Gasteiger partial charge is 0.0946 e. The van der Waals surface area contributed by atoms with Gasteiger partial charge in [0.1, 0.15) is 0 Å². The number of imidazole rings is 1. The SMILES string of the molecule is CC1(C)C(Cl)CCN1CCn1ccnc1. The fourth-order valence-corrected chi connectivity index (χ4v) is 2.40. The summed E-state index contributed by atoms with van der Waals surface area (Å²) >= 11 is 6.30. The first kappa shape index (κ1) is 11.0. The van der Waals surface area contributed by atoms with Crippen LogP contribution in [0.1, 0.15) is 20.3 Å². The van der Waals surface area contributed by atoms with E-state index in [1.807, 2.05) is 18.7 Å². The Balaban J connectivity index is 1.90. The second-order valence-corrected chi connectivity index (χ2v) is 5.22. The maximum atomic E-state index is 6.30. The van der Waals surface area contributed by atoms with Crippen molar-refractivity contribution in [1.29, 1.82) is 0 Å². The minimum absolute atomic E-state index is 0.127. The Morgan fingerprint density at radius 1 is 1.47 bits per heavy atom. The molecule has 1 atom stereocenters. The van der Waals surface area contributed by atoms with Crippen LogP contribution in [0.15, 0.2) is 18.7 Å². The molecule has 0 bridgehead atoms. The Morgan fingerprint density at radius 3 is 2.80 bits per heavy atom. The molecule has 15 heavy (non-hydrogen) atoms. The lowest BCUT2D eigenvalue weighted by Crippen LogP contribution is -2.44. The van der Waals surface area contributed by atoms with E-state index in [1.54, 1.807) is 0 Å². The van der Waals surface area contributed by atoms with E-state index in [0.717, 1.165) is 26.1 Å². The number of likely N-dealkylation sites (tertiary alicyclic amines) is 1. The lowest BCUT2D eigenvalue weighted by Gasteiger charge is -2.33. The topological polar surface area (TPSA) is 21.1 Å². The van der Waals surface area contributed by atoms with Crippen molar-refractivity contribution in [2.45, 2.75) is 37.7 Å². The molecule has 1 unspecified atom stereocenters. The molecule has 1 aliphatic heterocycles. The van der Waals surface area contributed by atoms with Crippen LogP contribution in [0.25, 0.3) is 0 Å². The van der Waals surface area contributed by atoms with Crippen molar-refractivity contribution in [1.82, 2.24) is 14.5 Å². The summed E-state index contributed by atoms with van der Waals surface area (Å²) in [6.45, 7) is 7.60. The van der Waals surface area contributed by atoms with E-state index in [4.69, 9.17) is 11.6 Å². The zero-order valence-corrected chi connectivity index (χ0v) is 10.1. The summed E-state index contributed by atoms with van der Waals surface area (Å²) in [6.07, 6.45) is 6.78. The summed E-state index contributed by atoms with van der Waals surface area (Å²) < 4.78 is 2.11. The molecule has 0 amide bonds. The summed E-state index contributed by atoms with van der Waals surface area (Å²) in [7, 11) is 0. The van der Waals surface area contributed by atoms with Crippen molar-refractivity contribution < 1.29 is 0 Å². The molecular formula is C11H18ClN3. The molecule has 0 saturated carbocycles. The highest BCUT2D eigenvalue weighted by Gasteiger charge is 2.39. The summed E-state index contributed by atoms with van der Waals surface area (Å²) in [5.74, 6) is 0. The van der Waals surface area contributed by atoms with Crippen LogP contribution in [0.4, 0.5) is 0 Å². The molecule has 84 valence electrons. The summed E-state index contributed by atoms with van der Waals surface area (Å²) in [4.78, 5) is 6.50. The number of alkyl halides is 1. The Morgan fingerprint density at radius 2 is 2.27 bits per heavy atom. The lowest BCUT2D eigenvalue weighted by atomic mass is 10.0. The van der Waals surface area contributed by atoms with E-state index in [-0.39, 0.29) is 10.9 Å². The molecule has 0 radical (unpaired) electrons. The average molecular weight is 228 g/mol. The van der Waals surface area contributed by atoms with Crippen LogP contribution >= 0.6 is 11.6 Å². The van der Waals surface area contributed by atoms with E-state index in [1.165, 1.54) is 0 Å². The molecule has 1 aliphatic rings. The highest BCUT2D eigenvalue weighted by atomic mass is 35.5. The van der Waals surface area contributed by atoms with Gasteiger partial charge in [-0.15, -0.1) is 11.6 Å². The Bertz CT molecular complexity index is 308. The first-order chi connectivity index (χ1) is 7.10. The fraction of sp³-hybridized carbons (Fsp3) is 0.727. The molecule has 0 aliphatic carbocycles. The minimum atomic E-state index is 0.127. The number of aromatic nitrogens is 2. The molecule has 4 heteroatoms. The molecule has 0 spiro atoms. The maximum Gasteiger partial charge on any atom is 0.0946 e. The molecule has 2 heterocycles. The van der Waals surface area contributed by atoms with Gasteiger partial charge in [0.25, 0.3) is 0 Å². The van der Waals surface area contributed by atoms with E-state index in [9.17, 15) is 0 Å². The van der Waals surface area contributed by atoms with Gasteiger partial charge in [-0.1, -0.05) is 0 Å². The zero-order chi connectivity index (χ0) is 10.9. The second kappa shape index (κ2) is 4.14. The second-order valence-electron chi connectivity index (χ2n) is 4.70. The van der Waals surface area contributed by atoms with Crippen LogP contribution in [0.5, 0.6) is 0 Å². The molecule has 1 aromatic rings. The molecule has 3 nitrogen and oxygen atoms in total. The summed E-state index contributed by atoms with van der Waals surface area (Å²) in [5, 5.41) is 0.278. The first-order valence-corrected chi connectivity index (χ1v) is 5.89. The Hall–Kier alpha value is -0.540. The van der Waals surface area contributed by atoms with Crippen LogP contribution < -0.4 is 0 Å². The summed E-state index contributed by atoms with van der Waals surface area (Å²) in [6, 6.07) is 0. The van der Waals surface area contributed by atoms with Gasteiger partial charge in [-0.05, 0) is 20.3 Å². The van der Waals surface area contributed by atoms with Crippen molar-refractivity contribution in [3.63, 3.8) is 0 Å². The average Bonchev–Trinajstić information content (AvgIpc) is 2.76. The van der Waals surface area contributed by atoms with Crippen LogP contribution in [-0.4, -0.2) is 38.5 Å². The van der Waals surface area contributed by atoms with E-state index < -0.39 is 0 Å². The van der Waals surface area contributed by atoms with E-state index in [0.29, 0.717) is 0 Å². The van der Waals surface area contributed by atoms with Crippen molar-refractivity contribution >= 4 is 11.6 Å². The highest BCUT2D eigenvalue weighted by molar-refractivity contribution is 6.21. The van der Waals surface area contributed by atoms with Gasteiger partial charge in [0.15, 0.2) is 0 Å². The lowest BCUT2D eigenvalue weighted by molar-refractivity contribution is 0.171. The van der Waals surface area contributed by atoms with Crippen molar-refractivity contribution in [2.24, 2.45) is 0 Å². The quantitative estimate of drug-likeness (QED) is 0.737. The Kier molecular flexibility index (Phi) is 3.03. The number of nitrogens with zero attached hydrogens (tertiary/aromatic N) is 3. The number of rotatable bonds is 3. The van der Waals surface area contributed by atoms with Crippen LogP contribution in [0, 0.1) is 0 Å². The molecule has 1 aromatic heterocycles. The van der Waals surface area contributed by atoms with Crippen LogP contribution in [-0.2, 0) is 6.54 Å². The van der Waals surface area contributed by atoms with Crippen molar-refractivity contribution in [2.75, 3.05) is 13.1 Å². The third kappa shape index (κ3) is 2.18. The minimum Gasteiger partial charge on any atom is -0.336 e. The first-order valence-electron chi connectivity index (χ1n) is 5.45. The largest absolute Gasteiger partial charge is 0.336 e. The van der Waals surface area contributed by atoms with Crippen LogP contribution in [0.3, 0.4) is 0 Å². The number of hydrogen-bond acceptors (Lipinski definition) is 2. The van der Waals surface area contributed by atoms with Gasteiger partial charge >= 0.3 is 0 Å². The predicted molar refractivity (Wildman–Crippen MR) is 62.1 cm³/mol. The molecule has 0 N–H and O–H groups in total. The third-order valence-electron chi connectivity index (χ3n) is 3.42. The Labute approximate surface area is 96.0 Å². The van der Waals surface area contributed by atoms with Gasteiger partial charge in [0.05, 0.1) is 11.7 Å². The van der Waals surface area contributed by atoms with Gasteiger partial charge in [0, 0.05) is 37.6 Å².